The highest BCUT2D eigenvalue weighted by atomic mass is 15.2. The summed E-state index contributed by atoms with van der Waals surface area (Å²) in [5.74, 6) is 1.75. The van der Waals surface area contributed by atoms with Gasteiger partial charge in [-0.25, -0.2) is 0 Å². The number of nitrogens with two attached hydrogens (primary N) is 1. The van der Waals surface area contributed by atoms with Gasteiger partial charge in [-0.15, -0.1) is 0 Å². The highest BCUT2D eigenvalue weighted by Gasteiger charge is 2.30. The maximum Gasteiger partial charge on any atom is 0.0194 e. The molecule has 2 N–H and O–H groups in total. The average molecular weight is 238 g/mol. The van der Waals surface area contributed by atoms with Crippen LogP contribution < -0.4 is 5.73 Å². The van der Waals surface area contributed by atoms with Crippen LogP contribution in [0, 0.1) is 11.8 Å². The van der Waals surface area contributed by atoms with Crippen molar-refractivity contribution >= 4 is 0 Å². The van der Waals surface area contributed by atoms with E-state index in [-0.39, 0.29) is 0 Å². The molecule has 2 rings (SSSR count). The molecule has 0 bridgehead atoms. The zero-order valence-corrected chi connectivity index (χ0v) is 11.7. The number of piperidine rings is 1. The molecule has 2 aliphatic rings. The summed E-state index contributed by atoms with van der Waals surface area (Å²) in [6.07, 6.45) is 9.87. The van der Waals surface area contributed by atoms with Crippen molar-refractivity contribution in [3.05, 3.63) is 0 Å². The fourth-order valence-electron chi connectivity index (χ4n) is 3.66. The number of hydrogen-bond donors (Lipinski definition) is 1. The number of nitrogens with zero attached hydrogens (tertiary/aromatic N) is 1. The maximum atomic E-state index is 6.21. The van der Waals surface area contributed by atoms with Gasteiger partial charge in [0.1, 0.15) is 0 Å². The standard InChI is InChI=1S/C15H30N2/c1-3-4-13-5-7-14(8-6-13)17-10-9-12(2)15(16)11-17/h12-15H,3-11,16H2,1-2H3. The van der Waals surface area contributed by atoms with Gasteiger partial charge < -0.3 is 5.73 Å². The van der Waals surface area contributed by atoms with Crippen molar-refractivity contribution in [2.24, 2.45) is 17.6 Å². The Morgan fingerprint density at radius 3 is 2.41 bits per heavy atom. The van der Waals surface area contributed by atoms with Crippen molar-refractivity contribution in [1.82, 2.24) is 4.90 Å². The molecule has 2 nitrogen and oxygen atoms in total. The fraction of sp³-hybridized carbons (Fsp3) is 1.00. The van der Waals surface area contributed by atoms with Crippen LogP contribution >= 0.6 is 0 Å². The minimum atomic E-state index is 0.414. The Morgan fingerprint density at radius 2 is 1.82 bits per heavy atom. The minimum absolute atomic E-state index is 0.414. The molecule has 1 saturated carbocycles. The topological polar surface area (TPSA) is 29.3 Å². The third kappa shape index (κ3) is 3.45. The Bertz CT molecular complexity index is 221. The van der Waals surface area contributed by atoms with E-state index in [2.05, 4.69) is 18.7 Å². The largest absolute Gasteiger partial charge is 0.326 e. The Labute approximate surface area is 107 Å². The quantitative estimate of drug-likeness (QED) is 0.819. The van der Waals surface area contributed by atoms with E-state index in [1.807, 2.05) is 0 Å². The van der Waals surface area contributed by atoms with E-state index in [0.29, 0.717) is 6.04 Å². The number of likely N-dealkylation sites (tertiary alicyclic amines) is 1. The van der Waals surface area contributed by atoms with Gasteiger partial charge in [0.05, 0.1) is 0 Å². The Hall–Kier alpha value is -0.0800. The molecule has 2 heteroatoms. The van der Waals surface area contributed by atoms with E-state index in [9.17, 15) is 0 Å². The van der Waals surface area contributed by atoms with Crippen LogP contribution in [0.25, 0.3) is 0 Å². The third-order valence-electron chi connectivity index (χ3n) is 5.08. The molecule has 1 aliphatic heterocycles. The molecule has 0 aromatic carbocycles. The van der Waals surface area contributed by atoms with Gasteiger partial charge >= 0.3 is 0 Å². The summed E-state index contributed by atoms with van der Waals surface area (Å²) in [7, 11) is 0. The first-order chi connectivity index (χ1) is 8.20. The molecule has 2 unspecified atom stereocenters. The van der Waals surface area contributed by atoms with Crippen LogP contribution in [0.4, 0.5) is 0 Å². The van der Waals surface area contributed by atoms with Gasteiger partial charge in [0.2, 0.25) is 0 Å². The fourth-order valence-corrected chi connectivity index (χ4v) is 3.66. The number of rotatable bonds is 3. The molecule has 1 aliphatic carbocycles. The lowest BCUT2D eigenvalue weighted by Gasteiger charge is -2.42. The lowest BCUT2D eigenvalue weighted by Crippen LogP contribution is -2.51. The van der Waals surface area contributed by atoms with Crippen molar-refractivity contribution < 1.29 is 0 Å². The molecule has 1 saturated heterocycles. The highest BCUT2D eigenvalue weighted by Crippen LogP contribution is 2.32. The smallest absolute Gasteiger partial charge is 0.0194 e. The van der Waals surface area contributed by atoms with Crippen LogP contribution in [-0.4, -0.2) is 30.1 Å². The maximum absolute atomic E-state index is 6.21. The molecule has 0 aromatic heterocycles. The van der Waals surface area contributed by atoms with Gasteiger partial charge in [0.25, 0.3) is 0 Å². The van der Waals surface area contributed by atoms with Gasteiger partial charge in [-0.2, -0.15) is 0 Å². The van der Waals surface area contributed by atoms with Crippen LogP contribution in [-0.2, 0) is 0 Å². The minimum Gasteiger partial charge on any atom is -0.326 e. The van der Waals surface area contributed by atoms with Crippen LogP contribution in [0.5, 0.6) is 0 Å². The zero-order valence-electron chi connectivity index (χ0n) is 11.7. The van der Waals surface area contributed by atoms with Gasteiger partial charge in [-0.1, -0.05) is 26.7 Å². The molecule has 1 heterocycles. The summed E-state index contributed by atoms with van der Waals surface area (Å²) in [5.41, 5.74) is 6.21. The normalized spacial score (nSPS) is 40.4. The SMILES string of the molecule is CCCC1CCC(N2CCC(C)C(N)C2)CC1. The first kappa shape index (κ1) is 13.4. The van der Waals surface area contributed by atoms with Crippen LogP contribution in [0.3, 0.4) is 0 Å². The lowest BCUT2D eigenvalue weighted by atomic mass is 9.82. The molecule has 17 heavy (non-hydrogen) atoms. The first-order valence-corrected chi connectivity index (χ1v) is 7.70. The van der Waals surface area contributed by atoms with E-state index >= 15 is 0 Å². The third-order valence-corrected chi connectivity index (χ3v) is 5.08. The zero-order chi connectivity index (χ0) is 12.3. The van der Waals surface area contributed by atoms with Crippen molar-refractivity contribution in [3.63, 3.8) is 0 Å². The predicted octanol–water partition coefficient (Wildman–Crippen LogP) is 3.01. The Balaban J connectivity index is 1.77. The summed E-state index contributed by atoms with van der Waals surface area (Å²) in [6.45, 7) is 7.06. The molecular formula is C15H30N2. The monoisotopic (exact) mass is 238 g/mol. The average Bonchev–Trinajstić information content (AvgIpc) is 2.34. The van der Waals surface area contributed by atoms with Crippen molar-refractivity contribution in [3.8, 4) is 0 Å². The summed E-state index contributed by atoms with van der Waals surface area (Å²) in [5, 5.41) is 0. The summed E-state index contributed by atoms with van der Waals surface area (Å²) >= 11 is 0. The lowest BCUT2D eigenvalue weighted by molar-refractivity contribution is 0.0846. The molecule has 100 valence electrons. The van der Waals surface area contributed by atoms with Crippen molar-refractivity contribution in [1.29, 1.82) is 0 Å². The van der Waals surface area contributed by atoms with E-state index in [1.165, 1.54) is 51.5 Å². The molecular weight excluding hydrogens is 208 g/mol. The van der Waals surface area contributed by atoms with Crippen LogP contribution in [0.2, 0.25) is 0 Å². The highest BCUT2D eigenvalue weighted by molar-refractivity contribution is 4.87. The number of hydrogen-bond acceptors (Lipinski definition) is 2. The van der Waals surface area contributed by atoms with Gasteiger partial charge in [-0.05, 0) is 50.5 Å². The molecule has 2 atom stereocenters. The molecule has 0 radical (unpaired) electrons. The molecule has 0 spiro atoms. The Morgan fingerprint density at radius 1 is 1.12 bits per heavy atom. The summed E-state index contributed by atoms with van der Waals surface area (Å²) in [6, 6.07) is 1.26. The summed E-state index contributed by atoms with van der Waals surface area (Å²) < 4.78 is 0. The van der Waals surface area contributed by atoms with E-state index in [0.717, 1.165) is 24.4 Å². The molecule has 0 amide bonds. The van der Waals surface area contributed by atoms with Crippen molar-refractivity contribution in [2.45, 2.75) is 70.9 Å². The second-order valence-corrected chi connectivity index (χ2v) is 6.39. The van der Waals surface area contributed by atoms with Crippen LogP contribution in [0.1, 0.15) is 58.8 Å². The van der Waals surface area contributed by atoms with E-state index in [1.54, 1.807) is 0 Å². The van der Waals surface area contributed by atoms with Crippen LogP contribution in [0.15, 0.2) is 0 Å². The first-order valence-electron chi connectivity index (χ1n) is 7.70. The second kappa shape index (κ2) is 6.19. The summed E-state index contributed by atoms with van der Waals surface area (Å²) in [4.78, 5) is 2.69. The van der Waals surface area contributed by atoms with E-state index < -0.39 is 0 Å². The van der Waals surface area contributed by atoms with Gasteiger partial charge in [0, 0.05) is 18.6 Å². The molecule has 0 aromatic rings. The van der Waals surface area contributed by atoms with Crippen molar-refractivity contribution in [2.75, 3.05) is 13.1 Å². The van der Waals surface area contributed by atoms with Gasteiger partial charge in [-0.3, -0.25) is 4.90 Å². The predicted molar refractivity (Wildman–Crippen MR) is 74.0 cm³/mol. The van der Waals surface area contributed by atoms with E-state index in [4.69, 9.17) is 5.73 Å². The molecule has 2 fully saturated rings. The van der Waals surface area contributed by atoms with Gasteiger partial charge in [0.15, 0.2) is 0 Å². The second-order valence-electron chi connectivity index (χ2n) is 6.39. The Kier molecular flexibility index (Phi) is 4.87.